The summed E-state index contributed by atoms with van der Waals surface area (Å²) < 4.78 is 33.2. The highest BCUT2D eigenvalue weighted by Gasteiger charge is 2.34. The van der Waals surface area contributed by atoms with Crippen molar-refractivity contribution in [1.29, 1.82) is 0 Å². The summed E-state index contributed by atoms with van der Waals surface area (Å²) in [4.78, 5) is 0.139. The van der Waals surface area contributed by atoms with Gasteiger partial charge in [-0.1, -0.05) is 28.8 Å². The minimum absolute atomic E-state index is 0.139. The van der Waals surface area contributed by atoms with Gasteiger partial charge in [-0.05, 0) is 31.0 Å². The van der Waals surface area contributed by atoms with E-state index in [0.29, 0.717) is 23.2 Å². The normalized spacial score (nSPS) is 21.0. The van der Waals surface area contributed by atoms with Crippen LogP contribution in [0.2, 0.25) is 0 Å². The van der Waals surface area contributed by atoms with Crippen molar-refractivity contribution in [2.75, 3.05) is 20.3 Å². The van der Waals surface area contributed by atoms with Crippen molar-refractivity contribution in [3.05, 3.63) is 22.7 Å². The zero-order chi connectivity index (χ0) is 15.5. The molecule has 118 valence electrons. The number of aliphatic hydroxyl groups excluding tert-OH is 1. The number of nitrogens with zero attached hydrogens (tertiary/aromatic N) is 1. The first-order valence-corrected chi connectivity index (χ1v) is 9.20. The number of rotatable bonds is 4. The van der Waals surface area contributed by atoms with Crippen molar-refractivity contribution < 1.29 is 18.3 Å². The Balaban J connectivity index is 2.46. The van der Waals surface area contributed by atoms with Gasteiger partial charge in [0.25, 0.3) is 0 Å². The van der Waals surface area contributed by atoms with Gasteiger partial charge in [-0.25, -0.2) is 8.42 Å². The summed E-state index contributed by atoms with van der Waals surface area (Å²) in [6.07, 6.45) is 3.42. The van der Waals surface area contributed by atoms with Gasteiger partial charge in [-0.15, -0.1) is 0 Å². The molecular formula is C14H20BrNO4S. The molecule has 1 atom stereocenters. The Bertz CT molecular complexity index is 591. The minimum Gasteiger partial charge on any atom is -0.495 e. The average molecular weight is 378 g/mol. The lowest BCUT2D eigenvalue weighted by Gasteiger charge is -2.28. The zero-order valence-electron chi connectivity index (χ0n) is 12.0. The van der Waals surface area contributed by atoms with Crippen LogP contribution in [0, 0.1) is 0 Å². The molecule has 1 N–H and O–H groups in total. The SMILES string of the molecule is COc1ccc(Br)cc1S(=O)(=O)N1CCCCCC1CO. The molecule has 0 bridgehead atoms. The Morgan fingerprint density at radius 3 is 2.81 bits per heavy atom. The molecule has 7 heteroatoms. The molecule has 0 radical (unpaired) electrons. The Morgan fingerprint density at radius 2 is 2.14 bits per heavy atom. The summed E-state index contributed by atoms with van der Waals surface area (Å²) in [5, 5.41) is 9.53. The molecule has 0 aliphatic carbocycles. The number of methoxy groups -OCH3 is 1. The number of benzene rings is 1. The van der Waals surface area contributed by atoms with E-state index < -0.39 is 10.0 Å². The minimum atomic E-state index is -3.69. The van der Waals surface area contributed by atoms with Gasteiger partial charge >= 0.3 is 0 Å². The second-order valence-electron chi connectivity index (χ2n) is 5.10. The molecule has 21 heavy (non-hydrogen) atoms. The maximum Gasteiger partial charge on any atom is 0.247 e. The van der Waals surface area contributed by atoms with Crippen LogP contribution in [0.3, 0.4) is 0 Å². The van der Waals surface area contributed by atoms with Gasteiger partial charge in [0.2, 0.25) is 10.0 Å². The lowest BCUT2D eigenvalue weighted by molar-refractivity contribution is 0.186. The van der Waals surface area contributed by atoms with Crippen LogP contribution in [-0.2, 0) is 10.0 Å². The molecule has 2 rings (SSSR count). The lowest BCUT2D eigenvalue weighted by Crippen LogP contribution is -2.42. The molecule has 1 saturated heterocycles. The van der Waals surface area contributed by atoms with Crippen LogP contribution in [0.4, 0.5) is 0 Å². The molecule has 1 fully saturated rings. The first-order valence-electron chi connectivity index (χ1n) is 6.97. The molecule has 5 nitrogen and oxygen atoms in total. The van der Waals surface area contributed by atoms with Crippen LogP contribution in [0.15, 0.2) is 27.6 Å². The van der Waals surface area contributed by atoms with Crippen LogP contribution < -0.4 is 4.74 Å². The fourth-order valence-electron chi connectivity index (χ4n) is 2.63. The van der Waals surface area contributed by atoms with Gasteiger partial charge in [0.15, 0.2) is 0 Å². The van der Waals surface area contributed by atoms with Crippen LogP contribution in [0.25, 0.3) is 0 Å². The van der Waals surface area contributed by atoms with Crippen LogP contribution >= 0.6 is 15.9 Å². The van der Waals surface area contributed by atoms with Gasteiger partial charge in [-0.3, -0.25) is 0 Å². The summed E-state index contributed by atoms with van der Waals surface area (Å²) in [5.41, 5.74) is 0. The largest absolute Gasteiger partial charge is 0.495 e. The monoisotopic (exact) mass is 377 g/mol. The van der Waals surface area contributed by atoms with Gasteiger partial charge in [0.05, 0.1) is 13.7 Å². The molecular weight excluding hydrogens is 358 g/mol. The quantitative estimate of drug-likeness (QED) is 0.874. The number of halogens is 1. The standard InChI is InChI=1S/C14H20BrNO4S/c1-20-13-7-6-11(15)9-14(13)21(18,19)16-8-4-2-3-5-12(16)10-17/h6-7,9,12,17H,2-5,8,10H2,1H3. The molecule has 0 amide bonds. The third-order valence-corrected chi connectivity index (χ3v) is 6.21. The van der Waals surface area contributed by atoms with E-state index in [2.05, 4.69) is 15.9 Å². The summed E-state index contributed by atoms with van der Waals surface area (Å²) in [5.74, 6) is 0.319. The number of hydrogen-bond donors (Lipinski definition) is 1. The maximum atomic E-state index is 13.0. The molecule has 1 aromatic rings. The van der Waals surface area contributed by atoms with E-state index in [1.807, 2.05) is 0 Å². The van der Waals surface area contributed by atoms with E-state index in [-0.39, 0.29) is 17.5 Å². The molecule has 1 heterocycles. The lowest BCUT2D eigenvalue weighted by atomic mass is 10.1. The molecule has 0 spiro atoms. The Hall–Kier alpha value is -0.630. The topological polar surface area (TPSA) is 66.8 Å². The van der Waals surface area contributed by atoms with Crippen molar-refractivity contribution in [3.8, 4) is 5.75 Å². The first-order chi connectivity index (χ1) is 10.0. The predicted octanol–water partition coefficient (Wildman–Crippen LogP) is 2.38. The van der Waals surface area contributed by atoms with E-state index in [9.17, 15) is 13.5 Å². The number of aliphatic hydroxyl groups is 1. The number of hydrogen-bond acceptors (Lipinski definition) is 4. The van der Waals surface area contributed by atoms with Crippen molar-refractivity contribution in [2.45, 2.75) is 36.6 Å². The molecule has 0 aromatic heterocycles. The Kier molecular flexibility index (Phi) is 5.65. The first kappa shape index (κ1) is 16.7. The van der Waals surface area contributed by atoms with Crippen molar-refractivity contribution in [2.24, 2.45) is 0 Å². The van der Waals surface area contributed by atoms with Crippen molar-refractivity contribution in [3.63, 3.8) is 0 Å². The fourth-order valence-corrected chi connectivity index (χ4v) is 5.01. The highest BCUT2D eigenvalue weighted by atomic mass is 79.9. The van der Waals surface area contributed by atoms with Crippen molar-refractivity contribution in [1.82, 2.24) is 4.31 Å². The van der Waals surface area contributed by atoms with E-state index in [0.717, 1.165) is 19.3 Å². The second-order valence-corrected chi connectivity index (χ2v) is 7.87. The van der Waals surface area contributed by atoms with Gasteiger partial charge in [-0.2, -0.15) is 4.31 Å². The molecule has 1 aliphatic heterocycles. The van der Waals surface area contributed by atoms with Gasteiger partial charge in [0.1, 0.15) is 10.6 Å². The second kappa shape index (κ2) is 7.09. The fraction of sp³-hybridized carbons (Fsp3) is 0.571. The predicted molar refractivity (Wildman–Crippen MR) is 83.9 cm³/mol. The summed E-state index contributed by atoms with van der Waals surface area (Å²) in [6, 6.07) is 4.56. The molecule has 1 aliphatic rings. The van der Waals surface area contributed by atoms with E-state index in [4.69, 9.17) is 4.74 Å². The molecule has 0 saturated carbocycles. The van der Waals surface area contributed by atoms with Crippen molar-refractivity contribution >= 4 is 26.0 Å². The van der Waals surface area contributed by atoms with Crippen LogP contribution in [-0.4, -0.2) is 44.1 Å². The van der Waals surface area contributed by atoms with Gasteiger partial charge < -0.3 is 9.84 Å². The summed E-state index contributed by atoms with van der Waals surface area (Å²) >= 11 is 3.30. The van der Waals surface area contributed by atoms with E-state index >= 15 is 0 Å². The van der Waals surface area contributed by atoms with Crippen LogP contribution in [0.5, 0.6) is 5.75 Å². The average Bonchev–Trinajstić information content (AvgIpc) is 2.72. The molecule has 1 aromatic carbocycles. The maximum absolute atomic E-state index is 13.0. The third kappa shape index (κ3) is 3.59. The number of sulfonamides is 1. The molecule has 1 unspecified atom stereocenters. The highest BCUT2D eigenvalue weighted by molar-refractivity contribution is 9.10. The Labute approximate surface area is 134 Å². The van der Waals surface area contributed by atoms with E-state index in [1.54, 1.807) is 18.2 Å². The zero-order valence-corrected chi connectivity index (χ0v) is 14.4. The van der Waals surface area contributed by atoms with E-state index in [1.165, 1.54) is 11.4 Å². The Morgan fingerprint density at radius 1 is 1.38 bits per heavy atom. The summed E-state index contributed by atoms with van der Waals surface area (Å²) in [6.45, 7) is 0.277. The van der Waals surface area contributed by atoms with Crippen LogP contribution in [0.1, 0.15) is 25.7 Å². The summed E-state index contributed by atoms with van der Waals surface area (Å²) in [7, 11) is -2.24. The smallest absolute Gasteiger partial charge is 0.247 e. The van der Waals surface area contributed by atoms with Gasteiger partial charge in [0, 0.05) is 17.1 Å². The number of ether oxygens (including phenoxy) is 1. The third-order valence-electron chi connectivity index (χ3n) is 3.75. The highest BCUT2D eigenvalue weighted by Crippen LogP contribution is 2.32.